The monoisotopic (exact) mass is 349 g/mol. The van der Waals surface area contributed by atoms with Crippen LogP contribution < -0.4 is 0 Å². The first-order valence-corrected chi connectivity index (χ1v) is 8.64. The van der Waals surface area contributed by atoms with Gasteiger partial charge in [0.05, 0.1) is 29.0 Å². The van der Waals surface area contributed by atoms with E-state index < -0.39 is 5.97 Å². The summed E-state index contributed by atoms with van der Waals surface area (Å²) in [5.41, 5.74) is 1.51. The van der Waals surface area contributed by atoms with Gasteiger partial charge in [-0.2, -0.15) is 15.4 Å². The predicted octanol–water partition coefficient (Wildman–Crippen LogP) is 1.46. The Balaban J connectivity index is 1.84. The highest BCUT2D eigenvalue weighted by molar-refractivity contribution is 7.13. The molecule has 3 heterocycles. The van der Waals surface area contributed by atoms with Crippen LogP contribution in [0, 0.1) is 12.8 Å². The molecule has 1 amide bonds. The fraction of sp³-hybridized carbons (Fsp3) is 0.533. The number of nitrogens with one attached hydrogen (secondary N) is 1. The van der Waals surface area contributed by atoms with Crippen molar-refractivity contribution in [3.8, 4) is 0 Å². The highest BCUT2D eigenvalue weighted by Crippen LogP contribution is 2.35. The fourth-order valence-electron chi connectivity index (χ4n) is 3.21. The summed E-state index contributed by atoms with van der Waals surface area (Å²) in [6.45, 7) is 4.71. The molecule has 0 bridgehead atoms. The van der Waals surface area contributed by atoms with Crippen molar-refractivity contribution in [2.24, 2.45) is 5.92 Å². The first kappa shape index (κ1) is 16.6. The number of aliphatic carboxylic acids is 1. The van der Waals surface area contributed by atoms with Gasteiger partial charge in [-0.05, 0) is 19.3 Å². The maximum Gasteiger partial charge on any atom is 0.303 e. The second-order valence-corrected chi connectivity index (χ2v) is 7.13. The molecule has 0 radical (unpaired) electrons. The van der Waals surface area contributed by atoms with Crippen molar-refractivity contribution in [3.05, 3.63) is 27.5 Å². The highest BCUT2D eigenvalue weighted by atomic mass is 32.1. The second kappa shape index (κ2) is 6.68. The molecule has 9 heteroatoms. The van der Waals surface area contributed by atoms with E-state index in [0.717, 1.165) is 10.7 Å². The predicted molar refractivity (Wildman–Crippen MR) is 87.0 cm³/mol. The van der Waals surface area contributed by atoms with E-state index in [1.165, 1.54) is 11.3 Å². The number of thiazole rings is 1. The van der Waals surface area contributed by atoms with Crippen molar-refractivity contribution in [2.75, 3.05) is 13.1 Å². The van der Waals surface area contributed by atoms with Crippen LogP contribution in [0.1, 0.15) is 45.3 Å². The molecule has 1 aliphatic heterocycles. The molecule has 8 nitrogen and oxygen atoms in total. The van der Waals surface area contributed by atoms with E-state index >= 15 is 0 Å². The molecule has 2 N–H and O–H groups in total. The van der Waals surface area contributed by atoms with Crippen molar-refractivity contribution in [2.45, 2.75) is 32.6 Å². The van der Waals surface area contributed by atoms with Crippen molar-refractivity contribution in [1.29, 1.82) is 0 Å². The van der Waals surface area contributed by atoms with E-state index in [1.807, 2.05) is 13.8 Å². The molecule has 2 aromatic heterocycles. The Morgan fingerprint density at radius 2 is 2.25 bits per heavy atom. The van der Waals surface area contributed by atoms with E-state index in [4.69, 9.17) is 5.11 Å². The molecule has 2 atom stereocenters. The largest absolute Gasteiger partial charge is 0.481 e. The summed E-state index contributed by atoms with van der Waals surface area (Å²) in [4.78, 5) is 30.8. The molecule has 1 saturated heterocycles. The van der Waals surface area contributed by atoms with Crippen LogP contribution in [0.5, 0.6) is 0 Å². The number of nitrogens with zero attached hydrogens (tertiary/aromatic N) is 4. The molecular weight excluding hydrogens is 330 g/mol. The molecule has 1 fully saturated rings. The number of aromatic amines is 1. The Bertz CT molecular complexity index is 742. The van der Waals surface area contributed by atoms with Gasteiger partial charge in [0.2, 0.25) is 0 Å². The van der Waals surface area contributed by atoms with E-state index in [-0.39, 0.29) is 24.2 Å². The number of carbonyl (C=O) groups is 2. The third-order valence-electron chi connectivity index (χ3n) is 4.31. The minimum atomic E-state index is -0.870. The SMILES string of the molecule is CCc1nc(C)sc1C(=O)N1C[C@@H](CC(=O)O)[C@@H](c2cn[nH]n2)C1. The van der Waals surface area contributed by atoms with Gasteiger partial charge in [0.25, 0.3) is 5.91 Å². The van der Waals surface area contributed by atoms with Gasteiger partial charge in [-0.3, -0.25) is 9.59 Å². The zero-order chi connectivity index (χ0) is 17.3. The maximum atomic E-state index is 12.9. The summed E-state index contributed by atoms with van der Waals surface area (Å²) >= 11 is 1.39. The van der Waals surface area contributed by atoms with Gasteiger partial charge in [-0.25, -0.2) is 4.98 Å². The van der Waals surface area contributed by atoms with Crippen LogP contribution in [0.25, 0.3) is 0 Å². The lowest BCUT2D eigenvalue weighted by atomic mass is 9.91. The summed E-state index contributed by atoms with van der Waals surface area (Å²) in [6.07, 6.45) is 2.30. The number of H-pyrrole nitrogens is 1. The topological polar surface area (TPSA) is 112 Å². The lowest BCUT2D eigenvalue weighted by molar-refractivity contribution is -0.138. The summed E-state index contributed by atoms with van der Waals surface area (Å²) in [7, 11) is 0. The van der Waals surface area contributed by atoms with Gasteiger partial charge in [0.1, 0.15) is 4.88 Å². The minimum absolute atomic E-state index is 0.00363. The highest BCUT2D eigenvalue weighted by Gasteiger charge is 2.39. The van der Waals surface area contributed by atoms with Crippen LogP contribution in [0.4, 0.5) is 0 Å². The summed E-state index contributed by atoms with van der Waals surface area (Å²) in [5.74, 6) is -1.23. The number of hydrogen-bond acceptors (Lipinski definition) is 6. The maximum absolute atomic E-state index is 12.9. The minimum Gasteiger partial charge on any atom is -0.481 e. The molecule has 1 aliphatic rings. The molecule has 2 aromatic rings. The number of hydrogen-bond donors (Lipinski definition) is 2. The molecule has 0 aromatic carbocycles. The molecule has 0 unspecified atom stereocenters. The average Bonchev–Trinajstić information content (AvgIpc) is 3.24. The number of carbonyl (C=O) groups excluding carboxylic acids is 1. The third kappa shape index (κ3) is 3.16. The lowest BCUT2D eigenvalue weighted by Gasteiger charge is -2.15. The number of aromatic nitrogens is 4. The van der Waals surface area contributed by atoms with Gasteiger partial charge >= 0.3 is 5.97 Å². The summed E-state index contributed by atoms with van der Waals surface area (Å²) in [6, 6.07) is 0. The van der Waals surface area contributed by atoms with Crippen molar-refractivity contribution in [3.63, 3.8) is 0 Å². The van der Waals surface area contributed by atoms with Crippen LogP contribution in [0.2, 0.25) is 0 Å². The van der Waals surface area contributed by atoms with Gasteiger partial charge in [0.15, 0.2) is 0 Å². The number of carboxylic acids is 1. The lowest BCUT2D eigenvalue weighted by Crippen LogP contribution is -2.29. The summed E-state index contributed by atoms with van der Waals surface area (Å²) < 4.78 is 0. The van der Waals surface area contributed by atoms with Crippen LogP contribution in [-0.2, 0) is 11.2 Å². The first-order chi connectivity index (χ1) is 11.5. The molecule has 0 aliphatic carbocycles. The number of aryl methyl sites for hydroxylation is 2. The summed E-state index contributed by atoms with van der Waals surface area (Å²) in [5, 5.41) is 20.5. The second-order valence-electron chi connectivity index (χ2n) is 5.93. The normalized spacial score (nSPS) is 20.5. The van der Waals surface area contributed by atoms with E-state index in [0.29, 0.717) is 30.1 Å². The Morgan fingerprint density at radius 1 is 1.46 bits per heavy atom. The fourth-order valence-corrected chi connectivity index (χ4v) is 4.19. The van der Waals surface area contributed by atoms with Gasteiger partial charge in [0, 0.05) is 19.0 Å². The Kier molecular flexibility index (Phi) is 4.61. The van der Waals surface area contributed by atoms with Crippen LogP contribution in [-0.4, -0.2) is 55.4 Å². The molecule has 24 heavy (non-hydrogen) atoms. The smallest absolute Gasteiger partial charge is 0.303 e. The Morgan fingerprint density at radius 3 is 2.88 bits per heavy atom. The third-order valence-corrected chi connectivity index (χ3v) is 5.31. The van der Waals surface area contributed by atoms with E-state index in [1.54, 1.807) is 11.1 Å². The quantitative estimate of drug-likeness (QED) is 0.845. The van der Waals surface area contributed by atoms with Gasteiger partial charge in [-0.1, -0.05) is 6.92 Å². The molecule has 3 rings (SSSR count). The molecule has 128 valence electrons. The molecular formula is C15H19N5O3S. The zero-order valence-corrected chi connectivity index (χ0v) is 14.3. The molecule has 0 saturated carbocycles. The van der Waals surface area contributed by atoms with Crippen LogP contribution >= 0.6 is 11.3 Å². The zero-order valence-electron chi connectivity index (χ0n) is 13.5. The number of rotatable bonds is 5. The number of amides is 1. The van der Waals surface area contributed by atoms with Gasteiger partial charge in [-0.15, -0.1) is 11.3 Å². The van der Waals surface area contributed by atoms with Crippen molar-refractivity contribution >= 4 is 23.2 Å². The van der Waals surface area contributed by atoms with Crippen molar-refractivity contribution in [1.82, 2.24) is 25.3 Å². The van der Waals surface area contributed by atoms with Gasteiger partial charge < -0.3 is 10.0 Å². The number of likely N-dealkylation sites (tertiary alicyclic amines) is 1. The van der Waals surface area contributed by atoms with Crippen LogP contribution in [0.15, 0.2) is 6.20 Å². The van der Waals surface area contributed by atoms with Crippen molar-refractivity contribution < 1.29 is 14.7 Å². The van der Waals surface area contributed by atoms with E-state index in [9.17, 15) is 9.59 Å². The Labute approximate surface area is 142 Å². The average molecular weight is 349 g/mol. The van der Waals surface area contributed by atoms with Crippen LogP contribution in [0.3, 0.4) is 0 Å². The van der Waals surface area contributed by atoms with E-state index in [2.05, 4.69) is 20.4 Å². The first-order valence-electron chi connectivity index (χ1n) is 7.82. The number of carboxylic acid groups (broad SMARTS) is 1. The Hall–Kier alpha value is -2.29. The standard InChI is InChI=1S/C15H19N5O3S/c1-3-11-14(24-8(2)17-11)15(23)20-6-9(4-13(21)22)10(7-20)12-5-16-19-18-12/h5,9-10H,3-4,6-7H2,1-2H3,(H,21,22)(H,16,18,19)/t9-,10+/m1/s1. The molecule has 0 spiro atoms.